The molecule has 0 aliphatic carbocycles. The van der Waals surface area contributed by atoms with Gasteiger partial charge in [-0.3, -0.25) is 0 Å². The van der Waals surface area contributed by atoms with Crippen LogP contribution >= 0.6 is 0 Å². The molecule has 0 radical (unpaired) electrons. The van der Waals surface area contributed by atoms with Crippen molar-refractivity contribution in [3.05, 3.63) is 89.5 Å². The highest BCUT2D eigenvalue weighted by molar-refractivity contribution is 5.91. The van der Waals surface area contributed by atoms with Gasteiger partial charge in [0.05, 0.1) is 37.0 Å². The Morgan fingerprint density at radius 3 is 2.04 bits per heavy atom. The molecule has 0 aliphatic rings. The van der Waals surface area contributed by atoms with E-state index >= 15 is 0 Å². The van der Waals surface area contributed by atoms with Gasteiger partial charge in [-0.25, -0.2) is 9.59 Å². The maximum Gasteiger partial charge on any atom is 0.426 e. The number of unbranched alkanes of at least 4 members (excludes halogenated alkanes) is 5. The summed E-state index contributed by atoms with van der Waals surface area (Å²) in [5.41, 5.74) is 12.6. The number of nitrogens with zero attached hydrogens (tertiary/aromatic N) is 1. The lowest BCUT2D eigenvalue weighted by atomic mass is 10.1. The SMILES string of the molecule is N#CCCCCCCOc1ccc(C(F)(F)Oc2ccc(C=CC(=O)OCCCCOC(=O)c3cc(N)cc(N)c3)cc2)cc1. The summed E-state index contributed by atoms with van der Waals surface area (Å²) in [4.78, 5) is 24.1. The average Bonchev–Trinajstić information content (AvgIpc) is 3.01. The van der Waals surface area contributed by atoms with Crippen LogP contribution in [0.25, 0.3) is 6.08 Å². The lowest BCUT2D eigenvalue weighted by Gasteiger charge is -2.18. The van der Waals surface area contributed by atoms with E-state index in [0.717, 1.165) is 25.7 Å². The Kier molecular flexibility index (Phi) is 13.7. The molecule has 0 bridgehead atoms. The molecule has 0 amide bonds. The standard InChI is InChI=1S/C34H37F2N3O6/c35-34(36,27-11-15-30(16-12-27)42-19-5-3-1-2-4-18-37)45-31-13-8-25(9-14-31)10-17-32(40)43-20-6-7-21-44-33(41)26-22-28(38)24-29(39)23-26/h8-17,22-24H,1-7,19-21,38-39H2. The predicted molar refractivity (Wildman–Crippen MR) is 166 cm³/mol. The number of nitriles is 1. The Labute approximate surface area is 261 Å². The van der Waals surface area contributed by atoms with Crippen LogP contribution in [0.5, 0.6) is 11.5 Å². The molecule has 3 aromatic rings. The fraction of sp³-hybridized carbons (Fsp3) is 0.324. The van der Waals surface area contributed by atoms with Crippen molar-refractivity contribution in [2.45, 2.75) is 51.1 Å². The first-order chi connectivity index (χ1) is 21.7. The van der Waals surface area contributed by atoms with E-state index in [9.17, 15) is 18.4 Å². The Balaban J connectivity index is 1.34. The highest BCUT2D eigenvalue weighted by atomic mass is 19.3. The van der Waals surface area contributed by atoms with Crippen LogP contribution in [0.2, 0.25) is 0 Å². The summed E-state index contributed by atoms with van der Waals surface area (Å²) >= 11 is 0. The molecule has 0 aliphatic heterocycles. The third-order valence-electron chi connectivity index (χ3n) is 6.41. The Morgan fingerprint density at radius 1 is 0.778 bits per heavy atom. The van der Waals surface area contributed by atoms with E-state index in [1.54, 1.807) is 0 Å². The van der Waals surface area contributed by atoms with Crippen molar-refractivity contribution in [2.24, 2.45) is 0 Å². The second-order valence-electron chi connectivity index (χ2n) is 10.1. The molecule has 4 N–H and O–H groups in total. The van der Waals surface area contributed by atoms with Gasteiger partial charge < -0.3 is 30.4 Å². The molecule has 3 aromatic carbocycles. The predicted octanol–water partition coefficient (Wildman–Crippen LogP) is 7.03. The lowest BCUT2D eigenvalue weighted by molar-refractivity contribution is -0.185. The van der Waals surface area contributed by atoms with Crippen molar-refractivity contribution in [3.8, 4) is 17.6 Å². The minimum atomic E-state index is -3.57. The van der Waals surface area contributed by atoms with E-state index in [2.05, 4.69) is 6.07 Å². The number of carbonyl (C=O) groups excluding carboxylic acids is 2. The second kappa shape index (κ2) is 17.9. The average molecular weight is 622 g/mol. The monoisotopic (exact) mass is 621 g/mol. The first kappa shape index (κ1) is 34.4. The smallest absolute Gasteiger partial charge is 0.426 e. The van der Waals surface area contributed by atoms with Gasteiger partial charge in [-0.2, -0.15) is 14.0 Å². The van der Waals surface area contributed by atoms with E-state index in [1.165, 1.54) is 78.9 Å². The maximum atomic E-state index is 14.7. The number of hydrogen-bond acceptors (Lipinski definition) is 9. The molecule has 238 valence electrons. The van der Waals surface area contributed by atoms with Gasteiger partial charge in [-0.15, -0.1) is 0 Å². The molecular weight excluding hydrogens is 584 g/mol. The number of hydrogen-bond donors (Lipinski definition) is 2. The molecule has 0 saturated carbocycles. The molecule has 0 spiro atoms. The van der Waals surface area contributed by atoms with Gasteiger partial charge in [0.15, 0.2) is 0 Å². The Morgan fingerprint density at radius 2 is 1.38 bits per heavy atom. The summed E-state index contributed by atoms with van der Waals surface area (Å²) in [5.74, 6) is -0.669. The number of anilines is 2. The van der Waals surface area contributed by atoms with E-state index in [0.29, 0.717) is 48.6 Å². The minimum absolute atomic E-state index is 0.0450. The molecule has 0 saturated heterocycles. The minimum Gasteiger partial charge on any atom is -0.494 e. The van der Waals surface area contributed by atoms with Gasteiger partial charge in [0, 0.05) is 23.9 Å². The van der Waals surface area contributed by atoms with Crippen LogP contribution in [0.4, 0.5) is 20.2 Å². The second-order valence-corrected chi connectivity index (χ2v) is 10.1. The number of carbonyl (C=O) groups is 2. The van der Waals surface area contributed by atoms with Gasteiger partial charge in [0.1, 0.15) is 11.5 Å². The van der Waals surface area contributed by atoms with Gasteiger partial charge in [-0.05, 0) is 91.9 Å². The highest BCUT2D eigenvalue weighted by Gasteiger charge is 2.34. The van der Waals surface area contributed by atoms with Gasteiger partial charge in [0.25, 0.3) is 0 Å². The molecule has 11 heteroatoms. The Bertz CT molecular complexity index is 1430. The summed E-state index contributed by atoms with van der Waals surface area (Å²) in [6.07, 6.45) is 4.25. The summed E-state index contributed by atoms with van der Waals surface area (Å²) < 4.78 is 50.3. The van der Waals surface area contributed by atoms with Gasteiger partial charge in [-0.1, -0.05) is 25.0 Å². The van der Waals surface area contributed by atoms with Crippen molar-refractivity contribution < 1.29 is 37.3 Å². The fourth-order valence-corrected chi connectivity index (χ4v) is 4.08. The third kappa shape index (κ3) is 12.6. The molecule has 3 rings (SSSR count). The third-order valence-corrected chi connectivity index (χ3v) is 6.41. The first-order valence-electron chi connectivity index (χ1n) is 14.6. The number of rotatable bonds is 18. The number of nitrogens with two attached hydrogens (primary N) is 2. The Hall–Kier alpha value is -5.11. The van der Waals surface area contributed by atoms with Crippen LogP contribution in [-0.2, 0) is 20.4 Å². The molecule has 0 fully saturated rings. The number of esters is 2. The quantitative estimate of drug-likeness (QED) is 0.0661. The normalized spacial score (nSPS) is 11.1. The van der Waals surface area contributed by atoms with E-state index in [1.807, 2.05) is 0 Å². The zero-order valence-corrected chi connectivity index (χ0v) is 24.9. The van der Waals surface area contributed by atoms with Crippen LogP contribution in [0.1, 0.15) is 66.4 Å². The number of alkyl halides is 2. The maximum absolute atomic E-state index is 14.7. The van der Waals surface area contributed by atoms with Crippen LogP contribution in [0, 0.1) is 11.3 Å². The first-order valence-corrected chi connectivity index (χ1v) is 14.6. The summed E-state index contributed by atoms with van der Waals surface area (Å²) in [5, 5.41) is 8.54. The van der Waals surface area contributed by atoms with Crippen molar-refractivity contribution in [3.63, 3.8) is 0 Å². The number of nitrogen functional groups attached to an aromatic ring is 2. The van der Waals surface area contributed by atoms with Crippen LogP contribution in [-0.4, -0.2) is 31.8 Å². The number of benzene rings is 3. The summed E-state index contributed by atoms with van der Waals surface area (Å²) in [6, 6.07) is 17.9. The van der Waals surface area contributed by atoms with Crippen LogP contribution in [0.15, 0.2) is 72.8 Å². The summed E-state index contributed by atoms with van der Waals surface area (Å²) in [7, 11) is 0. The zero-order valence-electron chi connectivity index (χ0n) is 24.9. The largest absolute Gasteiger partial charge is 0.494 e. The van der Waals surface area contributed by atoms with E-state index in [4.69, 9.17) is 35.7 Å². The van der Waals surface area contributed by atoms with E-state index in [-0.39, 0.29) is 30.1 Å². The molecular formula is C34H37F2N3O6. The molecule has 45 heavy (non-hydrogen) atoms. The number of ether oxygens (including phenoxy) is 4. The fourth-order valence-electron chi connectivity index (χ4n) is 4.08. The molecule has 0 heterocycles. The molecule has 0 aromatic heterocycles. The molecule has 0 unspecified atom stereocenters. The highest BCUT2D eigenvalue weighted by Crippen LogP contribution is 2.32. The van der Waals surface area contributed by atoms with Gasteiger partial charge in [0.2, 0.25) is 0 Å². The summed E-state index contributed by atoms with van der Waals surface area (Å²) in [6.45, 7) is 0.741. The van der Waals surface area contributed by atoms with Crippen molar-refractivity contribution in [2.75, 3.05) is 31.3 Å². The van der Waals surface area contributed by atoms with Crippen molar-refractivity contribution >= 4 is 29.4 Å². The van der Waals surface area contributed by atoms with Crippen LogP contribution in [0.3, 0.4) is 0 Å². The van der Waals surface area contributed by atoms with Crippen LogP contribution < -0.4 is 20.9 Å². The topological polar surface area (TPSA) is 147 Å². The number of halogens is 2. The zero-order chi connectivity index (χ0) is 32.5. The van der Waals surface area contributed by atoms with Crippen molar-refractivity contribution in [1.82, 2.24) is 0 Å². The molecule has 0 atom stereocenters. The van der Waals surface area contributed by atoms with E-state index < -0.39 is 18.0 Å². The van der Waals surface area contributed by atoms with Crippen molar-refractivity contribution in [1.29, 1.82) is 5.26 Å². The van der Waals surface area contributed by atoms with Gasteiger partial charge >= 0.3 is 18.0 Å². The lowest BCUT2D eigenvalue weighted by Crippen LogP contribution is -2.21. The molecule has 9 nitrogen and oxygen atoms in total.